The van der Waals surface area contributed by atoms with Crippen molar-refractivity contribution >= 4 is 5.97 Å². The zero-order valence-corrected chi connectivity index (χ0v) is 14.7. The highest BCUT2D eigenvalue weighted by molar-refractivity contribution is 5.66. The number of carboxylic acids is 1. The van der Waals surface area contributed by atoms with Crippen molar-refractivity contribution in [3.05, 3.63) is 0 Å². The van der Waals surface area contributed by atoms with Crippen molar-refractivity contribution in [2.75, 3.05) is 0 Å². The number of aliphatic hydroxyl groups is 1. The van der Waals surface area contributed by atoms with Crippen molar-refractivity contribution in [3.8, 4) is 0 Å². The molecule has 132 valence electrons. The van der Waals surface area contributed by atoms with Gasteiger partial charge in [0.2, 0.25) is 0 Å². The topological polar surface area (TPSA) is 57.5 Å². The van der Waals surface area contributed by atoms with Crippen molar-refractivity contribution in [2.45, 2.75) is 116 Å². The van der Waals surface area contributed by atoms with Gasteiger partial charge in [-0.1, -0.05) is 83.5 Å². The van der Waals surface area contributed by atoms with Crippen LogP contribution < -0.4 is 0 Å². The van der Waals surface area contributed by atoms with Gasteiger partial charge in [0.05, 0.1) is 6.10 Å². The third-order valence-electron chi connectivity index (χ3n) is 4.26. The molecule has 0 spiro atoms. The molecule has 3 heteroatoms. The molecule has 0 aromatic carbocycles. The van der Waals surface area contributed by atoms with E-state index in [-0.39, 0.29) is 6.10 Å². The molecule has 0 bridgehead atoms. The van der Waals surface area contributed by atoms with Crippen molar-refractivity contribution in [1.82, 2.24) is 0 Å². The lowest BCUT2D eigenvalue weighted by atomic mass is 10.0. The lowest BCUT2D eigenvalue weighted by molar-refractivity contribution is -0.137. The molecular weight excluding hydrogens is 276 g/mol. The van der Waals surface area contributed by atoms with Gasteiger partial charge in [-0.3, -0.25) is 4.79 Å². The van der Waals surface area contributed by atoms with Gasteiger partial charge >= 0.3 is 5.97 Å². The monoisotopic (exact) mass is 314 g/mol. The number of carboxylic acid groups (broad SMARTS) is 1. The minimum Gasteiger partial charge on any atom is -0.481 e. The first kappa shape index (κ1) is 21.4. The highest BCUT2D eigenvalue weighted by Gasteiger charge is 1.98. The molecule has 1 unspecified atom stereocenters. The van der Waals surface area contributed by atoms with Crippen LogP contribution >= 0.6 is 0 Å². The molecule has 0 aliphatic carbocycles. The molecule has 0 radical (unpaired) electrons. The Bertz CT molecular complexity index is 239. The summed E-state index contributed by atoms with van der Waals surface area (Å²) in [6.45, 7) is 1.87. The maximum atomic E-state index is 10.4. The molecule has 2 N–H and O–H groups in total. The largest absolute Gasteiger partial charge is 0.481 e. The predicted octanol–water partition coefficient (Wildman–Crippen LogP) is 5.69. The molecule has 1 atom stereocenters. The molecule has 0 aromatic heterocycles. The Kier molecular flexibility index (Phi) is 16.4. The van der Waals surface area contributed by atoms with Crippen LogP contribution in [0.1, 0.15) is 110 Å². The third kappa shape index (κ3) is 19.4. The van der Waals surface area contributed by atoms with Gasteiger partial charge in [-0.25, -0.2) is 0 Å². The van der Waals surface area contributed by atoms with E-state index in [1.165, 1.54) is 77.0 Å². The van der Waals surface area contributed by atoms with Crippen LogP contribution in [0.3, 0.4) is 0 Å². The molecule has 0 rings (SSSR count). The Morgan fingerprint density at radius 2 is 1.00 bits per heavy atom. The summed E-state index contributed by atoms with van der Waals surface area (Å²) in [6, 6.07) is 0. The van der Waals surface area contributed by atoms with E-state index >= 15 is 0 Å². The fraction of sp³-hybridized carbons (Fsp3) is 0.947. The van der Waals surface area contributed by atoms with E-state index in [4.69, 9.17) is 10.2 Å². The average molecular weight is 315 g/mol. The van der Waals surface area contributed by atoms with Gasteiger partial charge in [-0.05, 0) is 19.8 Å². The molecule has 22 heavy (non-hydrogen) atoms. The molecule has 3 nitrogen and oxygen atoms in total. The number of hydrogen-bond acceptors (Lipinski definition) is 2. The van der Waals surface area contributed by atoms with E-state index in [1.54, 1.807) is 0 Å². The molecule has 0 heterocycles. The first-order valence-corrected chi connectivity index (χ1v) is 9.53. The average Bonchev–Trinajstić information content (AvgIpc) is 2.46. The summed E-state index contributed by atoms with van der Waals surface area (Å²) in [5, 5.41) is 17.7. The smallest absolute Gasteiger partial charge is 0.303 e. The molecule has 0 aromatic rings. The zero-order valence-electron chi connectivity index (χ0n) is 14.7. The molecule has 0 saturated heterocycles. The van der Waals surface area contributed by atoms with Crippen LogP contribution in [0.25, 0.3) is 0 Å². The van der Waals surface area contributed by atoms with Crippen LogP contribution in [0.15, 0.2) is 0 Å². The minimum atomic E-state index is -0.664. The Morgan fingerprint density at radius 3 is 1.32 bits per heavy atom. The van der Waals surface area contributed by atoms with Gasteiger partial charge in [-0.2, -0.15) is 0 Å². The van der Waals surface area contributed by atoms with Crippen molar-refractivity contribution in [2.24, 2.45) is 0 Å². The maximum Gasteiger partial charge on any atom is 0.303 e. The quantitative estimate of drug-likeness (QED) is 0.339. The lowest BCUT2D eigenvalue weighted by Crippen LogP contribution is -1.98. The Morgan fingerprint density at radius 1 is 0.682 bits per heavy atom. The lowest BCUT2D eigenvalue weighted by Gasteiger charge is -2.04. The summed E-state index contributed by atoms with van der Waals surface area (Å²) in [4.78, 5) is 10.4. The van der Waals surface area contributed by atoms with E-state index in [0.29, 0.717) is 6.42 Å². The Labute approximate surface area is 137 Å². The van der Waals surface area contributed by atoms with E-state index in [0.717, 1.165) is 19.3 Å². The zero-order chi connectivity index (χ0) is 16.5. The summed E-state index contributed by atoms with van der Waals surface area (Å²) >= 11 is 0. The summed E-state index contributed by atoms with van der Waals surface area (Å²) in [7, 11) is 0. The molecule has 0 saturated carbocycles. The van der Waals surface area contributed by atoms with Crippen LogP contribution in [0.2, 0.25) is 0 Å². The predicted molar refractivity (Wildman–Crippen MR) is 93.2 cm³/mol. The molecule has 0 aliphatic heterocycles. The summed E-state index contributed by atoms with van der Waals surface area (Å²) < 4.78 is 0. The summed E-state index contributed by atoms with van der Waals surface area (Å²) in [6.07, 6.45) is 18.8. The van der Waals surface area contributed by atoms with Crippen LogP contribution in [0.4, 0.5) is 0 Å². The van der Waals surface area contributed by atoms with Crippen molar-refractivity contribution in [3.63, 3.8) is 0 Å². The number of rotatable bonds is 17. The van der Waals surface area contributed by atoms with Crippen LogP contribution in [0, 0.1) is 0 Å². The molecular formula is C19H38O3. The highest BCUT2D eigenvalue weighted by Crippen LogP contribution is 2.14. The second-order valence-electron chi connectivity index (χ2n) is 6.73. The number of aliphatic carboxylic acids is 1. The number of hydrogen-bond donors (Lipinski definition) is 2. The summed E-state index contributed by atoms with van der Waals surface area (Å²) in [5.41, 5.74) is 0. The number of aliphatic hydroxyl groups excluding tert-OH is 1. The fourth-order valence-corrected chi connectivity index (χ4v) is 2.84. The maximum absolute atomic E-state index is 10.4. The van der Waals surface area contributed by atoms with E-state index < -0.39 is 5.97 Å². The SMILES string of the molecule is CC(O)CCCCCCCCCCCCCCCCC(=O)O. The van der Waals surface area contributed by atoms with Gasteiger partial charge < -0.3 is 10.2 Å². The van der Waals surface area contributed by atoms with E-state index in [9.17, 15) is 4.79 Å². The fourth-order valence-electron chi connectivity index (χ4n) is 2.84. The van der Waals surface area contributed by atoms with Gasteiger partial charge in [0.25, 0.3) is 0 Å². The Hall–Kier alpha value is -0.570. The highest BCUT2D eigenvalue weighted by atomic mass is 16.4. The third-order valence-corrected chi connectivity index (χ3v) is 4.26. The summed E-state index contributed by atoms with van der Waals surface area (Å²) in [5.74, 6) is -0.664. The van der Waals surface area contributed by atoms with Gasteiger partial charge in [0.15, 0.2) is 0 Å². The Balaban J connectivity index is 2.98. The standard InChI is InChI=1S/C19H38O3/c1-18(20)16-14-12-10-8-6-4-2-3-5-7-9-11-13-15-17-19(21)22/h18,20H,2-17H2,1H3,(H,21,22). The molecule has 0 fully saturated rings. The minimum absolute atomic E-state index is 0.128. The van der Waals surface area contributed by atoms with Crippen molar-refractivity contribution in [1.29, 1.82) is 0 Å². The normalized spacial score (nSPS) is 12.5. The van der Waals surface area contributed by atoms with Crippen molar-refractivity contribution < 1.29 is 15.0 Å². The second-order valence-corrected chi connectivity index (χ2v) is 6.73. The number of carbonyl (C=O) groups is 1. The first-order chi connectivity index (χ1) is 10.6. The van der Waals surface area contributed by atoms with Crippen LogP contribution in [-0.2, 0) is 4.79 Å². The van der Waals surface area contributed by atoms with Crippen LogP contribution in [-0.4, -0.2) is 22.3 Å². The van der Waals surface area contributed by atoms with E-state index in [1.807, 2.05) is 6.92 Å². The first-order valence-electron chi connectivity index (χ1n) is 9.53. The van der Waals surface area contributed by atoms with Gasteiger partial charge in [0, 0.05) is 6.42 Å². The molecule has 0 amide bonds. The van der Waals surface area contributed by atoms with Gasteiger partial charge in [-0.15, -0.1) is 0 Å². The van der Waals surface area contributed by atoms with Crippen LogP contribution in [0.5, 0.6) is 0 Å². The van der Waals surface area contributed by atoms with Gasteiger partial charge in [0.1, 0.15) is 0 Å². The number of unbranched alkanes of at least 4 members (excludes halogenated alkanes) is 13. The second kappa shape index (κ2) is 16.8. The van der Waals surface area contributed by atoms with E-state index in [2.05, 4.69) is 0 Å². The molecule has 0 aliphatic rings.